The number of aromatic nitrogens is 2. The quantitative estimate of drug-likeness (QED) is 0.716. The number of nitrogens with zero attached hydrogens (tertiary/aromatic N) is 2. The standard InChI is InChI=1S/C20H23F3N2O4S/c1-13-4-3-5-15(8-13)30(26,27)19(2)6-7-29-17(10-19)16-9-18(20(21,22)23)24-25(16)14-11-28-12-14/h3-5,8-9,14,17H,6-7,10-12H2,1-2H3/t17-,19+/m1/s1. The van der Waals surface area contributed by atoms with Crippen molar-refractivity contribution in [2.75, 3.05) is 19.8 Å². The van der Waals surface area contributed by atoms with E-state index in [0.717, 1.165) is 11.6 Å². The van der Waals surface area contributed by atoms with Crippen molar-refractivity contribution in [3.05, 3.63) is 47.3 Å². The van der Waals surface area contributed by atoms with Crippen LogP contribution >= 0.6 is 0 Å². The van der Waals surface area contributed by atoms with E-state index in [9.17, 15) is 21.6 Å². The Hall–Kier alpha value is -1.91. The zero-order chi connectivity index (χ0) is 21.7. The predicted octanol–water partition coefficient (Wildman–Crippen LogP) is 3.87. The van der Waals surface area contributed by atoms with Crippen LogP contribution in [0.3, 0.4) is 0 Å². The van der Waals surface area contributed by atoms with Crippen LogP contribution in [0.5, 0.6) is 0 Å². The molecule has 0 unspecified atom stereocenters. The molecule has 0 N–H and O–H groups in total. The lowest BCUT2D eigenvalue weighted by Gasteiger charge is -2.38. The SMILES string of the molecule is Cc1cccc(S(=O)(=O)[C@@]2(C)CCO[C@@H](c3cc(C(F)(F)F)nn3C3COC3)C2)c1. The van der Waals surface area contributed by atoms with Crippen LogP contribution in [0.1, 0.15) is 48.9 Å². The lowest BCUT2D eigenvalue weighted by atomic mass is 9.94. The third-order valence-corrected chi connectivity index (χ3v) is 8.41. The van der Waals surface area contributed by atoms with Gasteiger partial charge in [0, 0.05) is 6.61 Å². The average molecular weight is 444 g/mol. The molecule has 2 aliphatic rings. The highest BCUT2D eigenvalue weighted by Crippen LogP contribution is 2.43. The van der Waals surface area contributed by atoms with Crippen molar-refractivity contribution in [3.8, 4) is 0 Å². The Morgan fingerprint density at radius 2 is 1.97 bits per heavy atom. The third-order valence-electron chi connectivity index (χ3n) is 5.87. The molecule has 1 aromatic heterocycles. The van der Waals surface area contributed by atoms with Gasteiger partial charge in [0.1, 0.15) is 6.10 Å². The predicted molar refractivity (Wildman–Crippen MR) is 102 cm³/mol. The maximum absolute atomic E-state index is 13.4. The summed E-state index contributed by atoms with van der Waals surface area (Å²) < 4.78 is 77.7. The molecule has 0 saturated carbocycles. The smallest absolute Gasteiger partial charge is 0.377 e. The lowest BCUT2D eigenvalue weighted by molar-refractivity contribution is -0.142. The first-order valence-electron chi connectivity index (χ1n) is 9.68. The maximum Gasteiger partial charge on any atom is 0.435 e. The van der Waals surface area contributed by atoms with E-state index in [4.69, 9.17) is 9.47 Å². The summed E-state index contributed by atoms with van der Waals surface area (Å²) in [7, 11) is -3.73. The Balaban J connectivity index is 1.70. The van der Waals surface area contributed by atoms with Gasteiger partial charge in [0.15, 0.2) is 15.5 Å². The summed E-state index contributed by atoms with van der Waals surface area (Å²) in [5.74, 6) is 0. The van der Waals surface area contributed by atoms with Gasteiger partial charge in [0.25, 0.3) is 0 Å². The maximum atomic E-state index is 13.4. The molecule has 2 aromatic rings. The van der Waals surface area contributed by atoms with Crippen LogP contribution in [0, 0.1) is 6.92 Å². The monoisotopic (exact) mass is 444 g/mol. The molecule has 3 heterocycles. The second-order valence-electron chi connectivity index (χ2n) is 8.17. The minimum absolute atomic E-state index is 0.0415. The Kier molecular flexibility index (Phi) is 5.22. The second kappa shape index (κ2) is 7.35. The first-order valence-corrected chi connectivity index (χ1v) is 11.2. The number of halogens is 3. The van der Waals surface area contributed by atoms with Crippen LogP contribution in [0.4, 0.5) is 13.2 Å². The molecule has 30 heavy (non-hydrogen) atoms. The molecule has 4 rings (SSSR count). The molecule has 0 amide bonds. The van der Waals surface area contributed by atoms with Gasteiger partial charge in [-0.2, -0.15) is 18.3 Å². The minimum Gasteiger partial charge on any atom is -0.377 e. The van der Waals surface area contributed by atoms with E-state index < -0.39 is 32.6 Å². The largest absolute Gasteiger partial charge is 0.435 e. The van der Waals surface area contributed by atoms with E-state index in [2.05, 4.69) is 5.10 Å². The van der Waals surface area contributed by atoms with Crippen molar-refractivity contribution in [3.63, 3.8) is 0 Å². The highest BCUT2D eigenvalue weighted by atomic mass is 32.2. The van der Waals surface area contributed by atoms with Crippen molar-refractivity contribution in [1.82, 2.24) is 9.78 Å². The number of hydrogen-bond acceptors (Lipinski definition) is 5. The van der Waals surface area contributed by atoms with Gasteiger partial charge in [-0.15, -0.1) is 0 Å². The van der Waals surface area contributed by atoms with Crippen LogP contribution < -0.4 is 0 Å². The molecule has 2 saturated heterocycles. The molecule has 0 radical (unpaired) electrons. The van der Waals surface area contributed by atoms with Crippen LogP contribution in [0.15, 0.2) is 35.2 Å². The third kappa shape index (κ3) is 3.65. The Morgan fingerprint density at radius 1 is 1.23 bits per heavy atom. The highest BCUT2D eigenvalue weighted by molar-refractivity contribution is 7.92. The van der Waals surface area contributed by atoms with Gasteiger partial charge in [-0.1, -0.05) is 12.1 Å². The number of benzene rings is 1. The first kappa shape index (κ1) is 21.3. The molecule has 6 nitrogen and oxygen atoms in total. The summed E-state index contributed by atoms with van der Waals surface area (Å²) in [5, 5.41) is 3.74. The summed E-state index contributed by atoms with van der Waals surface area (Å²) in [6, 6.07) is 7.31. The molecule has 164 valence electrons. The fourth-order valence-electron chi connectivity index (χ4n) is 3.92. The van der Waals surface area contributed by atoms with Gasteiger partial charge in [-0.3, -0.25) is 4.68 Å². The van der Waals surface area contributed by atoms with Crippen molar-refractivity contribution in [2.45, 2.75) is 54.7 Å². The first-order chi connectivity index (χ1) is 14.0. The molecule has 2 fully saturated rings. The van der Waals surface area contributed by atoms with E-state index in [1.165, 1.54) is 4.68 Å². The van der Waals surface area contributed by atoms with Gasteiger partial charge < -0.3 is 9.47 Å². The van der Waals surface area contributed by atoms with Crippen LogP contribution in [-0.4, -0.2) is 42.8 Å². The fourth-order valence-corrected chi connectivity index (χ4v) is 5.81. The van der Waals surface area contributed by atoms with Gasteiger partial charge in [0.2, 0.25) is 0 Å². The minimum atomic E-state index is -4.60. The van der Waals surface area contributed by atoms with Crippen molar-refractivity contribution < 1.29 is 31.1 Å². The molecule has 2 atom stereocenters. The second-order valence-corrected chi connectivity index (χ2v) is 10.6. The van der Waals surface area contributed by atoms with Crippen molar-refractivity contribution >= 4 is 9.84 Å². The van der Waals surface area contributed by atoms with Crippen LogP contribution in [0.25, 0.3) is 0 Å². The molecule has 0 spiro atoms. The van der Waals surface area contributed by atoms with E-state index in [1.807, 2.05) is 13.0 Å². The topological polar surface area (TPSA) is 70.4 Å². The molecule has 0 bridgehead atoms. The Labute approximate surface area is 172 Å². The molecule has 1 aromatic carbocycles. The zero-order valence-electron chi connectivity index (χ0n) is 16.6. The van der Waals surface area contributed by atoms with Crippen LogP contribution in [0.2, 0.25) is 0 Å². The van der Waals surface area contributed by atoms with E-state index in [0.29, 0.717) is 0 Å². The van der Waals surface area contributed by atoms with Crippen molar-refractivity contribution in [1.29, 1.82) is 0 Å². The molecule has 0 aliphatic carbocycles. The summed E-state index contributed by atoms with van der Waals surface area (Å²) in [6.07, 6.45) is -5.12. The number of rotatable bonds is 4. The Bertz CT molecular complexity index is 1050. The fraction of sp³-hybridized carbons (Fsp3) is 0.550. The van der Waals surface area contributed by atoms with Gasteiger partial charge in [-0.05, 0) is 50.5 Å². The number of alkyl halides is 3. The molecular formula is C20H23F3N2O4S. The summed E-state index contributed by atoms with van der Waals surface area (Å²) in [6.45, 7) is 4.10. The molecular weight excluding hydrogens is 421 g/mol. The summed E-state index contributed by atoms with van der Waals surface area (Å²) in [4.78, 5) is 0.211. The number of hydrogen-bond donors (Lipinski definition) is 0. The lowest BCUT2D eigenvalue weighted by Crippen LogP contribution is -2.43. The highest BCUT2D eigenvalue weighted by Gasteiger charge is 2.47. The average Bonchev–Trinajstić information content (AvgIpc) is 3.05. The molecule has 10 heteroatoms. The summed E-state index contributed by atoms with van der Waals surface area (Å²) >= 11 is 0. The van der Waals surface area contributed by atoms with Crippen molar-refractivity contribution in [2.24, 2.45) is 0 Å². The number of aryl methyl sites for hydroxylation is 1. The Morgan fingerprint density at radius 3 is 2.57 bits per heavy atom. The van der Waals surface area contributed by atoms with E-state index in [-0.39, 0.29) is 49.3 Å². The van der Waals surface area contributed by atoms with E-state index >= 15 is 0 Å². The normalized spacial score (nSPS) is 25.8. The van der Waals surface area contributed by atoms with Gasteiger partial charge in [0.05, 0.1) is 34.6 Å². The van der Waals surface area contributed by atoms with Crippen LogP contribution in [-0.2, 0) is 25.5 Å². The summed E-state index contributed by atoms with van der Waals surface area (Å²) in [5.41, 5.74) is 0.0453. The van der Waals surface area contributed by atoms with Gasteiger partial charge >= 0.3 is 6.18 Å². The number of sulfone groups is 1. The number of ether oxygens (including phenoxy) is 2. The zero-order valence-corrected chi connectivity index (χ0v) is 17.5. The molecule has 2 aliphatic heterocycles. The van der Waals surface area contributed by atoms with E-state index in [1.54, 1.807) is 25.1 Å². The van der Waals surface area contributed by atoms with Gasteiger partial charge in [-0.25, -0.2) is 8.42 Å².